The van der Waals surface area contributed by atoms with Crippen molar-refractivity contribution in [3.05, 3.63) is 18.2 Å². The van der Waals surface area contributed by atoms with Crippen molar-refractivity contribution in [1.29, 1.82) is 0 Å². The number of nitrogens with one attached hydrogen (secondary N) is 1. The Labute approximate surface area is 118 Å². The van der Waals surface area contributed by atoms with Crippen molar-refractivity contribution in [3.8, 4) is 0 Å². The fourth-order valence-electron chi connectivity index (χ4n) is 2.84. The molecule has 1 aromatic rings. The summed E-state index contributed by atoms with van der Waals surface area (Å²) >= 11 is 0. The van der Waals surface area contributed by atoms with Crippen molar-refractivity contribution in [2.45, 2.75) is 39.7 Å². The van der Waals surface area contributed by atoms with Crippen LogP contribution in [-0.4, -0.2) is 33.1 Å². The van der Waals surface area contributed by atoms with E-state index in [1.54, 1.807) is 4.57 Å². The van der Waals surface area contributed by atoms with E-state index in [4.69, 9.17) is 5.11 Å². The number of carbonyl (C=O) groups is 2. The maximum atomic E-state index is 12.1. The van der Waals surface area contributed by atoms with Crippen LogP contribution in [0.1, 0.15) is 43.6 Å². The minimum absolute atomic E-state index is 0.0215. The van der Waals surface area contributed by atoms with E-state index in [1.807, 2.05) is 0 Å². The summed E-state index contributed by atoms with van der Waals surface area (Å²) in [6.07, 6.45) is 6.08. The van der Waals surface area contributed by atoms with Gasteiger partial charge in [-0.15, -0.1) is 0 Å². The topological polar surface area (TPSA) is 84.2 Å². The number of imidazole rings is 1. The van der Waals surface area contributed by atoms with E-state index in [2.05, 4.69) is 24.1 Å². The zero-order valence-electron chi connectivity index (χ0n) is 11.9. The lowest BCUT2D eigenvalue weighted by atomic mass is 9.81. The molecule has 0 aliphatic heterocycles. The van der Waals surface area contributed by atoms with Crippen LogP contribution < -0.4 is 5.32 Å². The largest absolute Gasteiger partial charge is 0.476 e. The molecule has 1 heterocycles. The molecule has 1 aromatic heterocycles. The molecule has 2 N–H and O–H groups in total. The highest BCUT2D eigenvalue weighted by atomic mass is 16.4. The van der Waals surface area contributed by atoms with Crippen molar-refractivity contribution >= 4 is 11.9 Å². The summed E-state index contributed by atoms with van der Waals surface area (Å²) in [7, 11) is 0. The number of carboxylic acids is 1. The molecule has 1 unspecified atom stereocenters. The molecule has 0 aromatic carbocycles. The van der Waals surface area contributed by atoms with Crippen LogP contribution in [0.2, 0.25) is 0 Å². The van der Waals surface area contributed by atoms with Gasteiger partial charge in [0.25, 0.3) is 0 Å². The van der Waals surface area contributed by atoms with Crippen LogP contribution >= 0.6 is 0 Å². The van der Waals surface area contributed by atoms with Gasteiger partial charge in [0.1, 0.15) is 0 Å². The number of aromatic carboxylic acids is 1. The third kappa shape index (κ3) is 3.18. The monoisotopic (exact) mass is 279 g/mol. The van der Waals surface area contributed by atoms with Crippen molar-refractivity contribution in [2.75, 3.05) is 6.54 Å². The first-order valence-corrected chi connectivity index (χ1v) is 6.93. The highest BCUT2D eigenvalue weighted by Crippen LogP contribution is 2.42. The molecular formula is C14H21N3O3. The zero-order valence-corrected chi connectivity index (χ0v) is 11.9. The summed E-state index contributed by atoms with van der Waals surface area (Å²) in [6.45, 7) is 5.29. The number of hydrogen-bond acceptors (Lipinski definition) is 3. The van der Waals surface area contributed by atoms with Gasteiger partial charge in [-0.3, -0.25) is 4.79 Å². The fourth-order valence-corrected chi connectivity index (χ4v) is 2.84. The molecule has 20 heavy (non-hydrogen) atoms. The normalized spacial score (nSPS) is 20.8. The van der Waals surface area contributed by atoms with E-state index in [9.17, 15) is 9.59 Å². The van der Waals surface area contributed by atoms with Crippen LogP contribution in [0.3, 0.4) is 0 Å². The molecule has 0 spiro atoms. The molecule has 1 saturated carbocycles. The summed E-state index contributed by atoms with van der Waals surface area (Å²) < 4.78 is 1.67. The standard InChI is InChI=1S/C14H21N3O3/c1-14(2)5-3-4-10(14)12(18)15-6-7-17-8-11(13(19)20)16-9-17/h8-10H,3-7H2,1-2H3,(H,15,18)(H,19,20). The first-order chi connectivity index (χ1) is 9.40. The van der Waals surface area contributed by atoms with Crippen molar-refractivity contribution in [3.63, 3.8) is 0 Å². The van der Waals surface area contributed by atoms with E-state index < -0.39 is 5.97 Å². The molecule has 1 atom stereocenters. The number of carboxylic acid groups (broad SMARTS) is 1. The summed E-state index contributed by atoms with van der Waals surface area (Å²) in [6, 6.07) is 0. The molecule has 1 aliphatic carbocycles. The Morgan fingerprint density at radius 2 is 2.30 bits per heavy atom. The van der Waals surface area contributed by atoms with Gasteiger partial charge >= 0.3 is 5.97 Å². The minimum Gasteiger partial charge on any atom is -0.476 e. The predicted molar refractivity (Wildman–Crippen MR) is 73.3 cm³/mol. The van der Waals surface area contributed by atoms with Crippen LogP contribution in [0.5, 0.6) is 0 Å². The molecule has 110 valence electrons. The van der Waals surface area contributed by atoms with E-state index in [-0.39, 0.29) is 22.9 Å². The highest BCUT2D eigenvalue weighted by molar-refractivity contribution is 5.84. The van der Waals surface area contributed by atoms with Gasteiger partial charge in [-0.05, 0) is 18.3 Å². The fraction of sp³-hybridized carbons (Fsp3) is 0.643. The Bertz CT molecular complexity index is 508. The van der Waals surface area contributed by atoms with Crippen LogP contribution in [0.4, 0.5) is 0 Å². The Balaban J connectivity index is 1.80. The minimum atomic E-state index is -1.04. The van der Waals surface area contributed by atoms with Gasteiger partial charge in [-0.2, -0.15) is 0 Å². The number of nitrogens with zero attached hydrogens (tertiary/aromatic N) is 2. The SMILES string of the molecule is CC1(C)CCCC1C(=O)NCCn1cnc(C(=O)O)c1. The predicted octanol–water partition coefficient (Wildman–Crippen LogP) is 1.52. The van der Waals surface area contributed by atoms with Crippen molar-refractivity contribution < 1.29 is 14.7 Å². The lowest BCUT2D eigenvalue weighted by Crippen LogP contribution is -2.37. The lowest BCUT2D eigenvalue weighted by molar-refractivity contribution is -0.127. The van der Waals surface area contributed by atoms with Crippen molar-refractivity contribution in [2.24, 2.45) is 11.3 Å². The Morgan fingerprint density at radius 3 is 2.85 bits per heavy atom. The number of amides is 1. The lowest BCUT2D eigenvalue weighted by Gasteiger charge is -2.25. The molecule has 2 rings (SSSR count). The summed E-state index contributed by atoms with van der Waals surface area (Å²) in [5.41, 5.74) is 0.100. The van der Waals surface area contributed by atoms with Crippen molar-refractivity contribution in [1.82, 2.24) is 14.9 Å². The van der Waals surface area contributed by atoms with Gasteiger partial charge in [0, 0.05) is 25.2 Å². The second-order valence-corrected chi connectivity index (χ2v) is 6.03. The van der Waals surface area contributed by atoms with E-state index in [1.165, 1.54) is 12.5 Å². The maximum absolute atomic E-state index is 12.1. The summed E-state index contributed by atoms with van der Waals surface area (Å²) in [4.78, 5) is 26.6. The quantitative estimate of drug-likeness (QED) is 0.856. The molecule has 6 heteroatoms. The van der Waals surface area contributed by atoms with Crippen LogP contribution in [0.15, 0.2) is 12.5 Å². The number of carbonyl (C=O) groups excluding carboxylic acids is 1. The first-order valence-electron chi connectivity index (χ1n) is 6.93. The zero-order chi connectivity index (χ0) is 14.8. The summed E-state index contributed by atoms with van der Waals surface area (Å²) in [5.74, 6) is -0.855. The average Bonchev–Trinajstić information content (AvgIpc) is 2.95. The van der Waals surface area contributed by atoms with E-state index in [0.29, 0.717) is 13.1 Å². The van der Waals surface area contributed by atoms with E-state index in [0.717, 1.165) is 19.3 Å². The molecular weight excluding hydrogens is 258 g/mol. The molecule has 0 radical (unpaired) electrons. The van der Waals surface area contributed by atoms with E-state index >= 15 is 0 Å². The Morgan fingerprint density at radius 1 is 1.55 bits per heavy atom. The number of hydrogen-bond donors (Lipinski definition) is 2. The van der Waals surface area contributed by atoms with Crippen LogP contribution in [0.25, 0.3) is 0 Å². The van der Waals surface area contributed by atoms with Gasteiger partial charge in [0.05, 0.1) is 6.33 Å². The summed E-state index contributed by atoms with van der Waals surface area (Å²) in [5, 5.41) is 11.7. The smallest absolute Gasteiger partial charge is 0.356 e. The maximum Gasteiger partial charge on any atom is 0.356 e. The number of aromatic nitrogens is 2. The van der Waals surface area contributed by atoms with Crippen LogP contribution in [0, 0.1) is 11.3 Å². The molecule has 1 fully saturated rings. The molecule has 1 amide bonds. The second kappa shape index (κ2) is 5.64. The van der Waals surface area contributed by atoms with Gasteiger partial charge in [0.15, 0.2) is 5.69 Å². The number of rotatable bonds is 5. The van der Waals surface area contributed by atoms with Gasteiger partial charge in [-0.25, -0.2) is 9.78 Å². The van der Waals surface area contributed by atoms with Gasteiger partial charge in [-0.1, -0.05) is 20.3 Å². The molecule has 6 nitrogen and oxygen atoms in total. The molecule has 1 aliphatic rings. The Kier molecular flexibility index (Phi) is 4.11. The molecule has 0 saturated heterocycles. The average molecular weight is 279 g/mol. The van der Waals surface area contributed by atoms with Gasteiger partial charge < -0.3 is 15.0 Å². The third-order valence-corrected chi connectivity index (χ3v) is 4.10. The first kappa shape index (κ1) is 14.6. The Hall–Kier alpha value is -1.85. The highest BCUT2D eigenvalue weighted by Gasteiger charge is 2.38. The second-order valence-electron chi connectivity index (χ2n) is 6.03. The molecule has 0 bridgehead atoms. The third-order valence-electron chi connectivity index (χ3n) is 4.10. The van der Waals surface area contributed by atoms with Gasteiger partial charge in [0.2, 0.25) is 5.91 Å². The van der Waals surface area contributed by atoms with Crippen LogP contribution in [-0.2, 0) is 11.3 Å².